The fourth-order valence-corrected chi connectivity index (χ4v) is 4.76. The van der Waals surface area contributed by atoms with Gasteiger partial charge in [0.15, 0.2) is 5.82 Å². The van der Waals surface area contributed by atoms with Crippen LogP contribution in [0.3, 0.4) is 0 Å². The summed E-state index contributed by atoms with van der Waals surface area (Å²) in [6.45, 7) is 8.26. The number of piperazine rings is 1. The van der Waals surface area contributed by atoms with Crippen molar-refractivity contribution in [2.45, 2.75) is 32.7 Å². The van der Waals surface area contributed by atoms with E-state index in [9.17, 15) is 9.18 Å². The fraction of sp³-hybridized carbons (Fsp3) is 0.370. The summed E-state index contributed by atoms with van der Waals surface area (Å²) >= 11 is 0. The van der Waals surface area contributed by atoms with Gasteiger partial charge in [-0.05, 0) is 36.1 Å². The molecule has 1 unspecified atom stereocenters. The molecule has 1 N–H and O–H groups in total. The number of nitrogens with zero attached hydrogens (tertiary/aromatic N) is 7. The molecule has 1 fully saturated rings. The Bertz CT molecular complexity index is 1400. The molecule has 1 saturated heterocycles. The van der Waals surface area contributed by atoms with E-state index in [0.717, 1.165) is 67.7 Å². The van der Waals surface area contributed by atoms with Crippen LogP contribution in [0.4, 0.5) is 16.2 Å². The Morgan fingerprint density at radius 3 is 2.62 bits per heavy atom. The number of aryl methyl sites for hydroxylation is 1. The van der Waals surface area contributed by atoms with E-state index in [1.807, 2.05) is 48.3 Å². The SMILES string of the molecule is CCC(C)c1c2cc(-c3nc(Nc4ccc(CN5CCN(C=O)CC5)cn4)ncc3F)ccc2nn1C. The average molecular weight is 503 g/mol. The molecule has 4 aromatic rings. The molecule has 10 heteroatoms. The monoisotopic (exact) mass is 502 g/mol. The fourth-order valence-electron chi connectivity index (χ4n) is 4.76. The van der Waals surface area contributed by atoms with Gasteiger partial charge in [0, 0.05) is 62.6 Å². The van der Waals surface area contributed by atoms with Crippen LogP contribution in [0.25, 0.3) is 22.2 Å². The number of anilines is 2. The maximum atomic E-state index is 14.8. The molecule has 192 valence electrons. The number of pyridine rings is 1. The van der Waals surface area contributed by atoms with Crippen LogP contribution in [0.5, 0.6) is 0 Å². The van der Waals surface area contributed by atoms with Crippen molar-refractivity contribution < 1.29 is 9.18 Å². The number of hydrogen-bond acceptors (Lipinski definition) is 7. The topological polar surface area (TPSA) is 92.1 Å². The van der Waals surface area contributed by atoms with Crippen molar-refractivity contribution in [3.05, 3.63) is 59.8 Å². The Morgan fingerprint density at radius 2 is 1.92 bits per heavy atom. The molecule has 37 heavy (non-hydrogen) atoms. The molecule has 9 nitrogen and oxygen atoms in total. The summed E-state index contributed by atoms with van der Waals surface area (Å²) in [7, 11) is 1.94. The van der Waals surface area contributed by atoms with Crippen LogP contribution in [-0.4, -0.2) is 67.1 Å². The summed E-state index contributed by atoms with van der Waals surface area (Å²) in [5.74, 6) is 0.688. The Hall–Kier alpha value is -3.92. The summed E-state index contributed by atoms with van der Waals surface area (Å²) < 4.78 is 16.7. The summed E-state index contributed by atoms with van der Waals surface area (Å²) in [4.78, 5) is 28.1. The number of aromatic nitrogens is 5. The van der Waals surface area contributed by atoms with E-state index in [1.54, 1.807) is 4.90 Å². The summed E-state index contributed by atoms with van der Waals surface area (Å²) in [5.41, 5.74) is 3.98. The molecular weight excluding hydrogens is 471 g/mol. The molecule has 1 atom stereocenters. The molecule has 1 amide bonds. The molecule has 5 rings (SSSR count). The third-order valence-corrected chi connectivity index (χ3v) is 7.00. The maximum absolute atomic E-state index is 14.8. The summed E-state index contributed by atoms with van der Waals surface area (Å²) in [6, 6.07) is 9.57. The molecule has 0 bridgehead atoms. The van der Waals surface area contributed by atoms with E-state index in [2.05, 4.69) is 44.1 Å². The molecule has 1 aliphatic rings. The first-order chi connectivity index (χ1) is 17.9. The minimum absolute atomic E-state index is 0.226. The Balaban J connectivity index is 1.33. The van der Waals surface area contributed by atoms with E-state index in [0.29, 0.717) is 17.3 Å². The zero-order valence-corrected chi connectivity index (χ0v) is 21.4. The minimum atomic E-state index is -0.489. The first-order valence-electron chi connectivity index (χ1n) is 12.6. The normalized spacial score (nSPS) is 15.2. The van der Waals surface area contributed by atoms with E-state index in [-0.39, 0.29) is 11.6 Å². The predicted molar refractivity (Wildman–Crippen MR) is 141 cm³/mol. The second-order valence-corrected chi connectivity index (χ2v) is 9.53. The number of rotatable bonds is 8. The van der Waals surface area contributed by atoms with Gasteiger partial charge in [0.25, 0.3) is 0 Å². The minimum Gasteiger partial charge on any atom is -0.343 e. The number of fused-ring (bicyclic) bond motifs is 1. The van der Waals surface area contributed by atoms with Crippen molar-refractivity contribution in [1.29, 1.82) is 0 Å². The average Bonchev–Trinajstić information content (AvgIpc) is 3.25. The predicted octanol–water partition coefficient (Wildman–Crippen LogP) is 4.10. The lowest BCUT2D eigenvalue weighted by molar-refractivity contribution is -0.119. The molecule has 1 aliphatic heterocycles. The Kier molecular flexibility index (Phi) is 7.09. The smallest absolute Gasteiger partial charge is 0.229 e. The summed E-state index contributed by atoms with van der Waals surface area (Å²) in [6.07, 6.45) is 4.88. The van der Waals surface area contributed by atoms with Crippen LogP contribution in [0.15, 0.2) is 42.7 Å². The van der Waals surface area contributed by atoms with Gasteiger partial charge in [-0.3, -0.25) is 14.4 Å². The second-order valence-electron chi connectivity index (χ2n) is 9.53. The highest BCUT2D eigenvalue weighted by atomic mass is 19.1. The van der Waals surface area contributed by atoms with E-state index in [4.69, 9.17) is 0 Å². The third-order valence-electron chi connectivity index (χ3n) is 7.00. The molecular formula is C27H31FN8O. The highest BCUT2D eigenvalue weighted by Gasteiger charge is 2.18. The van der Waals surface area contributed by atoms with Crippen LogP contribution in [0, 0.1) is 5.82 Å². The number of halogens is 1. The van der Waals surface area contributed by atoms with Gasteiger partial charge in [-0.25, -0.2) is 19.3 Å². The molecule has 0 aliphatic carbocycles. The standard InChI is InChI=1S/C27H31FN8O/c1-4-18(2)26-21-13-20(6-7-23(21)33-34(26)3)25-22(28)15-30-27(32-25)31-24-8-5-19(14-29-24)16-35-9-11-36(17-37)12-10-35/h5-8,13-15,17-18H,4,9-12,16H2,1-3H3,(H,29,30,31,32). The van der Waals surface area contributed by atoms with Gasteiger partial charge in [-0.1, -0.05) is 26.0 Å². The lowest BCUT2D eigenvalue weighted by atomic mass is 9.99. The molecule has 4 heterocycles. The van der Waals surface area contributed by atoms with E-state index in [1.165, 1.54) is 6.20 Å². The van der Waals surface area contributed by atoms with Crippen LogP contribution >= 0.6 is 0 Å². The van der Waals surface area contributed by atoms with Crippen LogP contribution in [0.1, 0.15) is 37.4 Å². The zero-order chi connectivity index (χ0) is 25.9. The lowest BCUT2D eigenvalue weighted by Crippen LogP contribution is -2.45. The second kappa shape index (κ2) is 10.6. The largest absolute Gasteiger partial charge is 0.343 e. The quantitative estimate of drug-likeness (QED) is 0.363. The van der Waals surface area contributed by atoms with Crippen molar-refractivity contribution in [2.24, 2.45) is 7.05 Å². The van der Waals surface area contributed by atoms with Gasteiger partial charge in [0.05, 0.1) is 11.7 Å². The summed E-state index contributed by atoms with van der Waals surface area (Å²) in [5, 5.41) is 8.71. The number of benzene rings is 1. The van der Waals surface area contributed by atoms with Crippen LogP contribution in [0.2, 0.25) is 0 Å². The molecule has 3 aromatic heterocycles. The number of amides is 1. The number of carbonyl (C=O) groups is 1. The molecule has 0 radical (unpaired) electrons. The molecule has 0 spiro atoms. The first-order valence-corrected chi connectivity index (χ1v) is 12.6. The molecule has 1 aromatic carbocycles. The van der Waals surface area contributed by atoms with Crippen molar-refractivity contribution in [3.8, 4) is 11.3 Å². The van der Waals surface area contributed by atoms with Crippen molar-refractivity contribution in [3.63, 3.8) is 0 Å². The Morgan fingerprint density at radius 1 is 1.11 bits per heavy atom. The van der Waals surface area contributed by atoms with Crippen LogP contribution < -0.4 is 5.32 Å². The van der Waals surface area contributed by atoms with Gasteiger partial charge < -0.3 is 10.2 Å². The Labute approximate surface area is 215 Å². The highest BCUT2D eigenvalue weighted by Crippen LogP contribution is 2.31. The number of carbonyl (C=O) groups excluding carboxylic acids is 1. The van der Waals surface area contributed by atoms with Crippen molar-refractivity contribution >= 4 is 29.1 Å². The third kappa shape index (κ3) is 5.29. The van der Waals surface area contributed by atoms with E-state index < -0.39 is 5.82 Å². The molecule has 0 saturated carbocycles. The van der Waals surface area contributed by atoms with Gasteiger partial charge in [-0.2, -0.15) is 5.10 Å². The first kappa shape index (κ1) is 24.8. The van der Waals surface area contributed by atoms with Crippen molar-refractivity contribution in [2.75, 3.05) is 31.5 Å². The highest BCUT2D eigenvalue weighted by molar-refractivity contribution is 5.87. The van der Waals surface area contributed by atoms with Crippen LogP contribution in [-0.2, 0) is 18.4 Å². The van der Waals surface area contributed by atoms with Crippen molar-refractivity contribution in [1.82, 2.24) is 34.5 Å². The van der Waals surface area contributed by atoms with Gasteiger partial charge in [-0.15, -0.1) is 0 Å². The lowest BCUT2D eigenvalue weighted by Gasteiger charge is -2.32. The zero-order valence-electron chi connectivity index (χ0n) is 21.4. The number of hydrogen-bond donors (Lipinski definition) is 1. The van der Waals surface area contributed by atoms with Gasteiger partial charge in [0.1, 0.15) is 11.5 Å². The van der Waals surface area contributed by atoms with Gasteiger partial charge in [0.2, 0.25) is 12.4 Å². The van der Waals surface area contributed by atoms with E-state index >= 15 is 0 Å². The number of nitrogens with one attached hydrogen (secondary N) is 1. The van der Waals surface area contributed by atoms with Gasteiger partial charge >= 0.3 is 0 Å². The maximum Gasteiger partial charge on any atom is 0.229 e.